The first kappa shape index (κ1) is 12.7. The van der Waals surface area contributed by atoms with Crippen LogP contribution >= 0.6 is 0 Å². The van der Waals surface area contributed by atoms with Crippen molar-refractivity contribution < 1.29 is 18.7 Å². The van der Waals surface area contributed by atoms with Crippen LogP contribution in [0.2, 0.25) is 0 Å². The van der Waals surface area contributed by atoms with Gasteiger partial charge in [0.25, 0.3) is 0 Å². The molecular formula is C16H13FO3. The van der Waals surface area contributed by atoms with Crippen molar-refractivity contribution in [2.24, 2.45) is 0 Å². The third-order valence-corrected chi connectivity index (χ3v) is 3.34. The smallest absolute Gasteiger partial charge is 0.182 e. The van der Waals surface area contributed by atoms with Gasteiger partial charge in [0, 0.05) is 17.5 Å². The van der Waals surface area contributed by atoms with E-state index < -0.39 is 6.10 Å². The number of hydrogen-bond donors (Lipinski definition) is 0. The average molecular weight is 272 g/mol. The van der Waals surface area contributed by atoms with Crippen molar-refractivity contribution in [3.8, 4) is 11.5 Å². The van der Waals surface area contributed by atoms with Crippen LogP contribution in [-0.4, -0.2) is 12.9 Å². The standard InChI is InChI=1S/C16H13FO3/c1-19-13-6-7-15-11(8-13)9-14(18)16(20-15)10-2-4-12(17)5-3-10/h2-8,16H,9H2,1H3. The lowest BCUT2D eigenvalue weighted by Gasteiger charge is -2.25. The van der Waals surface area contributed by atoms with Gasteiger partial charge in [-0.2, -0.15) is 0 Å². The van der Waals surface area contributed by atoms with Crippen LogP contribution < -0.4 is 9.47 Å². The van der Waals surface area contributed by atoms with E-state index in [1.807, 2.05) is 0 Å². The van der Waals surface area contributed by atoms with Gasteiger partial charge in [0.1, 0.15) is 17.3 Å². The zero-order valence-corrected chi connectivity index (χ0v) is 10.9. The summed E-state index contributed by atoms with van der Waals surface area (Å²) >= 11 is 0. The number of benzene rings is 2. The fraction of sp³-hybridized carbons (Fsp3) is 0.188. The molecule has 4 heteroatoms. The van der Waals surface area contributed by atoms with Crippen LogP contribution in [0.25, 0.3) is 0 Å². The molecule has 0 spiro atoms. The largest absolute Gasteiger partial charge is 0.497 e. The van der Waals surface area contributed by atoms with Gasteiger partial charge in [-0.25, -0.2) is 4.39 Å². The Bertz CT molecular complexity index is 649. The zero-order valence-electron chi connectivity index (χ0n) is 10.9. The summed E-state index contributed by atoms with van der Waals surface area (Å²) in [6.45, 7) is 0. The summed E-state index contributed by atoms with van der Waals surface area (Å²) in [6, 6.07) is 11.2. The van der Waals surface area contributed by atoms with Crippen molar-refractivity contribution in [1.29, 1.82) is 0 Å². The van der Waals surface area contributed by atoms with E-state index in [-0.39, 0.29) is 18.0 Å². The summed E-state index contributed by atoms with van der Waals surface area (Å²) in [5.41, 5.74) is 1.48. The van der Waals surface area contributed by atoms with Crippen molar-refractivity contribution in [1.82, 2.24) is 0 Å². The quantitative estimate of drug-likeness (QED) is 0.842. The number of rotatable bonds is 2. The number of hydrogen-bond acceptors (Lipinski definition) is 3. The molecule has 1 aliphatic rings. The predicted octanol–water partition coefficient (Wildman–Crippen LogP) is 3.08. The van der Waals surface area contributed by atoms with E-state index in [4.69, 9.17) is 9.47 Å². The molecule has 2 aromatic rings. The molecule has 0 bridgehead atoms. The summed E-state index contributed by atoms with van der Waals surface area (Å²) in [7, 11) is 1.58. The first-order valence-corrected chi connectivity index (χ1v) is 6.29. The lowest BCUT2D eigenvalue weighted by Crippen LogP contribution is -2.25. The van der Waals surface area contributed by atoms with Gasteiger partial charge < -0.3 is 9.47 Å². The summed E-state index contributed by atoms with van der Waals surface area (Å²) in [5, 5.41) is 0. The van der Waals surface area contributed by atoms with Crippen LogP contribution in [0.4, 0.5) is 4.39 Å². The minimum atomic E-state index is -0.670. The minimum absolute atomic E-state index is 0.0441. The lowest BCUT2D eigenvalue weighted by molar-refractivity contribution is -0.126. The molecule has 0 radical (unpaired) electrons. The number of ketones is 1. The molecule has 0 aromatic heterocycles. The van der Waals surface area contributed by atoms with Gasteiger partial charge in [0.15, 0.2) is 11.9 Å². The van der Waals surface area contributed by atoms with Crippen molar-refractivity contribution in [3.63, 3.8) is 0 Å². The number of fused-ring (bicyclic) bond motifs is 1. The second-order valence-electron chi connectivity index (χ2n) is 4.67. The van der Waals surface area contributed by atoms with Crippen LogP contribution in [0.1, 0.15) is 17.2 Å². The summed E-state index contributed by atoms with van der Waals surface area (Å²) in [4.78, 5) is 12.2. The summed E-state index contributed by atoms with van der Waals surface area (Å²) in [5.74, 6) is 0.986. The van der Waals surface area contributed by atoms with E-state index in [1.54, 1.807) is 37.4 Å². The minimum Gasteiger partial charge on any atom is -0.497 e. The van der Waals surface area contributed by atoms with Gasteiger partial charge in [-0.3, -0.25) is 4.79 Å². The molecule has 1 heterocycles. The lowest BCUT2D eigenvalue weighted by atomic mass is 9.96. The molecule has 0 aliphatic carbocycles. The molecule has 1 atom stereocenters. The average Bonchev–Trinajstić information content (AvgIpc) is 2.47. The van der Waals surface area contributed by atoms with Gasteiger partial charge in [-0.1, -0.05) is 12.1 Å². The number of halogens is 1. The Hall–Kier alpha value is -2.36. The van der Waals surface area contributed by atoms with Crippen molar-refractivity contribution in [2.75, 3.05) is 7.11 Å². The molecule has 20 heavy (non-hydrogen) atoms. The molecule has 1 unspecified atom stereocenters. The van der Waals surface area contributed by atoms with Crippen LogP contribution in [0.15, 0.2) is 42.5 Å². The Labute approximate surface area is 115 Å². The SMILES string of the molecule is COc1ccc2c(c1)CC(=O)C(c1ccc(F)cc1)O2. The zero-order chi connectivity index (χ0) is 14.1. The normalized spacial score (nSPS) is 17.3. The van der Waals surface area contributed by atoms with E-state index >= 15 is 0 Å². The van der Waals surface area contributed by atoms with Gasteiger partial charge in [0.05, 0.1) is 7.11 Å². The molecule has 3 nitrogen and oxygen atoms in total. The van der Waals surface area contributed by atoms with Gasteiger partial charge >= 0.3 is 0 Å². The molecule has 0 fully saturated rings. The van der Waals surface area contributed by atoms with E-state index in [9.17, 15) is 9.18 Å². The fourth-order valence-electron chi connectivity index (χ4n) is 2.30. The summed E-state index contributed by atoms with van der Waals surface area (Å²) in [6.07, 6.45) is -0.384. The second-order valence-corrected chi connectivity index (χ2v) is 4.67. The van der Waals surface area contributed by atoms with Crippen LogP contribution in [0.3, 0.4) is 0 Å². The number of Topliss-reactive ketones (excluding diaryl/α,β-unsaturated/α-hetero) is 1. The van der Waals surface area contributed by atoms with Gasteiger partial charge in [0.2, 0.25) is 0 Å². The first-order valence-electron chi connectivity index (χ1n) is 6.29. The van der Waals surface area contributed by atoms with Crippen LogP contribution in [-0.2, 0) is 11.2 Å². The number of ether oxygens (including phenoxy) is 2. The molecule has 102 valence electrons. The molecule has 0 saturated carbocycles. The van der Waals surface area contributed by atoms with E-state index in [0.717, 1.165) is 5.56 Å². The molecule has 0 amide bonds. The number of carbonyl (C=O) groups excluding carboxylic acids is 1. The third-order valence-electron chi connectivity index (χ3n) is 3.34. The number of carbonyl (C=O) groups is 1. The Morgan fingerprint density at radius 2 is 1.95 bits per heavy atom. The molecule has 0 N–H and O–H groups in total. The van der Waals surface area contributed by atoms with Crippen molar-refractivity contribution in [2.45, 2.75) is 12.5 Å². The van der Waals surface area contributed by atoms with Crippen LogP contribution in [0, 0.1) is 5.82 Å². The highest BCUT2D eigenvalue weighted by Crippen LogP contribution is 2.34. The van der Waals surface area contributed by atoms with Crippen molar-refractivity contribution in [3.05, 3.63) is 59.4 Å². The predicted molar refractivity (Wildman–Crippen MR) is 71.5 cm³/mol. The summed E-state index contributed by atoms with van der Waals surface area (Å²) < 4.78 is 23.8. The van der Waals surface area contributed by atoms with E-state index in [0.29, 0.717) is 17.1 Å². The monoisotopic (exact) mass is 272 g/mol. The van der Waals surface area contributed by atoms with Gasteiger partial charge in [-0.15, -0.1) is 0 Å². The third kappa shape index (κ3) is 2.25. The Morgan fingerprint density at radius 1 is 1.20 bits per heavy atom. The van der Waals surface area contributed by atoms with Crippen LogP contribution in [0.5, 0.6) is 11.5 Å². The van der Waals surface area contributed by atoms with Crippen molar-refractivity contribution >= 4 is 5.78 Å². The first-order chi connectivity index (χ1) is 9.67. The molecule has 0 saturated heterocycles. The Morgan fingerprint density at radius 3 is 2.65 bits per heavy atom. The molecule has 3 rings (SSSR count). The Kier molecular flexibility index (Phi) is 3.14. The molecule has 1 aliphatic heterocycles. The fourth-order valence-corrected chi connectivity index (χ4v) is 2.30. The topological polar surface area (TPSA) is 35.5 Å². The van der Waals surface area contributed by atoms with E-state index in [1.165, 1.54) is 12.1 Å². The highest BCUT2D eigenvalue weighted by atomic mass is 19.1. The van der Waals surface area contributed by atoms with Gasteiger partial charge in [-0.05, 0) is 30.3 Å². The molecular weight excluding hydrogens is 259 g/mol. The maximum atomic E-state index is 12.9. The molecule has 2 aromatic carbocycles. The maximum Gasteiger partial charge on any atom is 0.182 e. The Balaban J connectivity index is 1.93. The number of methoxy groups -OCH3 is 1. The highest BCUT2D eigenvalue weighted by Gasteiger charge is 2.29. The van der Waals surface area contributed by atoms with E-state index in [2.05, 4.69) is 0 Å². The maximum absolute atomic E-state index is 12.9. The highest BCUT2D eigenvalue weighted by molar-refractivity contribution is 5.88. The second kappa shape index (κ2) is 4.96.